The molecule has 2 aliphatic rings. The molecular weight excluding hydrogens is 474 g/mol. The number of amides is 3. The van der Waals surface area contributed by atoms with Crippen LogP contribution in [0.4, 0.5) is 16.3 Å². The molecule has 36 heavy (non-hydrogen) atoms. The number of carbonyl (C=O) groups is 2. The normalized spacial score (nSPS) is 16.6. The van der Waals surface area contributed by atoms with Gasteiger partial charge in [0.25, 0.3) is 5.91 Å². The Balaban J connectivity index is 1.10. The summed E-state index contributed by atoms with van der Waals surface area (Å²) in [4.78, 5) is 41.0. The molecule has 2 aromatic heterocycles. The maximum absolute atomic E-state index is 13.1. The highest BCUT2D eigenvalue weighted by molar-refractivity contribution is 7.09. The lowest BCUT2D eigenvalue weighted by molar-refractivity contribution is 0.0947. The minimum atomic E-state index is -0.221. The summed E-state index contributed by atoms with van der Waals surface area (Å²) in [5.74, 6) is 1.02. The van der Waals surface area contributed by atoms with Crippen molar-refractivity contribution >= 4 is 34.8 Å². The molecule has 9 nitrogen and oxygen atoms in total. The number of nitrogens with one attached hydrogen (secondary N) is 1. The van der Waals surface area contributed by atoms with Gasteiger partial charge in [0.2, 0.25) is 0 Å². The molecule has 0 radical (unpaired) electrons. The van der Waals surface area contributed by atoms with E-state index < -0.39 is 0 Å². The summed E-state index contributed by atoms with van der Waals surface area (Å²) < 4.78 is 0. The molecule has 0 atom stereocenters. The van der Waals surface area contributed by atoms with Crippen LogP contribution in [0.1, 0.15) is 34.3 Å². The molecule has 3 aromatic rings. The number of anilines is 2. The van der Waals surface area contributed by atoms with E-state index in [1.165, 1.54) is 11.3 Å². The lowest BCUT2D eigenvalue weighted by Gasteiger charge is -2.39. The number of benzene rings is 1. The molecule has 2 aliphatic heterocycles. The van der Waals surface area contributed by atoms with E-state index in [-0.39, 0.29) is 17.9 Å². The third kappa shape index (κ3) is 5.43. The fraction of sp³-hybridized carbons (Fsp3) is 0.385. The number of piperidine rings is 1. The number of nitrogens with zero attached hydrogens (tertiary/aromatic N) is 6. The van der Waals surface area contributed by atoms with Crippen molar-refractivity contribution in [2.75, 3.05) is 56.2 Å². The van der Waals surface area contributed by atoms with Gasteiger partial charge in [-0.15, -0.1) is 11.3 Å². The van der Waals surface area contributed by atoms with Gasteiger partial charge >= 0.3 is 6.03 Å². The smallest absolute Gasteiger partial charge is 0.320 e. The summed E-state index contributed by atoms with van der Waals surface area (Å²) in [6, 6.07) is 15.7. The zero-order chi connectivity index (χ0) is 24.9. The van der Waals surface area contributed by atoms with Crippen molar-refractivity contribution in [3.05, 3.63) is 70.8 Å². The van der Waals surface area contributed by atoms with Gasteiger partial charge in [0, 0.05) is 63.8 Å². The number of piperazine rings is 1. The van der Waals surface area contributed by atoms with E-state index in [0.29, 0.717) is 31.9 Å². The van der Waals surface area contributed by atoms with E-state index in [2.05, 4.69) is 20.3 Å². The Bertz CT molecular complexity index is 1160. The first-order chi connectivity index (χ1) is 17.6. The van der Waals surface area contributed by atoms with E-state index in [9.17, 15) is 9.59 Å². The lowest BCUT2D eigenvalue weighted by atomic mass is 9.98. The van der Waals surface area contributed by atoms with Gasteiger partial charge in [0.05, 0.1) is 10.7 Å². The second-order valence-electron chi connectivity index (χ2n) is 9.11. The minimum absolute atomic E-state index is 0.122. The van der Waals surface area contributed by atoms with E-state index in [1.807, 2.05) is 70.8 Å². The van der Waals surface area contributed by atoms with E-state index in [4.69, 9.17) is 0 Å². The van der Waals surface area contributed by atoms with Gasteiger partial charge in [-0.2, -0.15) is 0 Å². The molecular formula is C26H31N7O2S. The van der Waals surface area contributed by atoms with Crippen molar-refractivity contribution in [3.63, 3.8) is 0 Å². The number of hydrogen-bond donors (Lipinski definition) is 1. The highest BCUT2D eigenvalue weighted by atomic mass is 32.1. The Hall–Kier alpha value is -3.66. The van der Waals surface area contributed by atoms with Crippen LogP contribution in [0.5, 0.6) is 0 Å². The molecule has 188 valence electrons. The first-order valence-corrected chi connectivity index (χ1v) is 13.2. The van der Waals surface area contributed by atoms with Crippen molar-refractivity contribution in [2.24, 2.45) is 0 Å². The number of aromatic nitrogens is 2. The molecule has 10 heteroatoms. The summed E-state index contributed by atoms with van der Waals surface area (Å²) in [6.45, 7) is 4.42. The summed E-state index contributed by atoms with van der Waals surface area (Å²) in [7, 11) is 1.81. The Morgan fingerprint density at radius 1 is 0.944 bits per heavy atom. The van der Waals surface area contributed by atoms with Crippen LogP contribution in [0.25, 0.3) is 0 Å². The largest absolute Gasteiger partial charge is 0.353 e. The molecule has 0 spiro atoms. The number of rotatable bonds is 5. The molecule has 2 fully saturated rings. The molecule has 1 aromatic carbocycles. The SMILES string of the molecule is CN(NC(=O)c1csc(C2CCN(C(=O)N3CCN(c4ccccn4)CC3)CC2)n1)c1ccccc1. The zero-order valence-corrected chi connectivity index (χ0v) is 21.2. The number of thiazole rings is 1. The number of likely N-dealkylation sites (tertiary alicyclic amines) is 1. The van der Waals surface area contributed by atoms with Crippen LogP contribution in [0, 0.1) is 0 Å². The molecule has 0 saturated carbocycles. The average Bonchev–Trinajstić information content (AvgIpc) is 3.44. The molecule has 3 amide bonds. The zero-order valence-electron chi connectivity index (χ0n) is 20.4. The van der Waals surface area contributed by atoms with Crippen molar-refractivity contribution < 1.29 is 9.59 Å². The van der Waals surface area contributed by atoms with Gasteiger partial charge in [0.1, 0.15) is 11.5 Å². The third-order valence-electron chi connectivity index (χ3n) is 6.81. The number of hydrogen-bond acceptors (Lipinski definition) is 7. The average molecular weight is 506 g/mol. The summed E-state index contributed by atoms with van der Waals surface area (Å²) >= 11 is 1.53. The van der Waals surface area contributed by atoms with Crippen LogP contribution in [-0.2, 0) is 0 Å². The monoisotopic (exact) mass is 505 g/mol. The van der Waals surface area contributed by atoms with Gasteiger partial charge in [-0.1, -0.05) is 24.3 Å². The highest BCUT2D eigenvalue weighted by Crippen LogP contribution is 2.31. The molecule has 1 N–H and O–H groups in total. The summed E-state index contributed by atoms with van der Waals surface area (Å²) in [5, 5.41) is 4.49. The third-order valence-corrected chi connectivity index (χ3v) is 7.81. The Morgan fingerprint density at radius 3 is 2.33 bits per heavy atom. The highest BCUT2D eigenvalue weighted by Gasteiger charge is 2.30. The van der Waals surface area contributed by atoms with Crippen molar-refractivity contribution in [1.82, 2.24) is 25.2 Å². The molecule has 5 rings (SSSR count). The first kappa shape index (κ1) is 24.1. The maximum Gasteiger partial charge on any atom is 0.320 e. The Kier molecular flexibility index (Phi) is 7.31. The number of pyridine rings is 1. The molecule has 0 aliphatic carbocycles. The number of carbonyl (C=O) groups excluding carboxylic acids is 2. The van der Waals surface area contributed by atoms with Gasteiger partial charge in [0.15, 0.2) is 0 Å². The van der Waals surface area contributed by atoms with Gasteiger partial charge in [-0.25, -0.2) is 14.8 Å². The van der Waals surface area contributed by atoms with Crippen molar-refractivity contribution in [2.45, 2.75) is 18.8 Å². The Labute approximate surface area is 215 Å². The minimum Gasteiger partial charge on any atom is -0.353 e. The standard InChI is InChI=1S/C26H31N7O2S/c1-30(21-7-3-2-4-8-21)29-24(34)22-19-36-25(28-22)20-10-13-32(14-11-20)26(35)33-17-15-31(16-18-33)23-9-5-6-12-27-23/h2-9,12,19-20H,10-11,13-18H2,1H3,(H,29,34). The topological polar surface area (TPSA) is 84.9 Å². The Morgan fingerprint density at radius 2 is 1.64 bits per heavy atom. The van der Waals surface area contributed by atoms with Crippen LogP contribution in [0.15, 0.2) is 60.1 Å². The maximum atomic E-state index is 13.1. The van der Waals surface area contributed by atoms with Crippen LogP contribution >= 0.6 is 11.3 Å². The van der Waals surface area contributed by atoms with Gasteiger partial charge in [-0.05, 0) is 37.1 Å². The van der Waals surface area contributed by atoms with Gasteiger partial charge < -0.3 is 14.7 Å². The fourth-order valence-corrected chi connectivity index (χ4v) is 5.66. The van der Waals surface area contributed by atoms with Crippen molar-refractivity contribution in [1.29, 1.82) is 0 Å². The first-order valence-electron chi connectivity index (χ1n) is 12.3. The van der Waals surface area contributed by atoms with E-state index in [1.54, 1.807) is 11.2 Å². The summed E-state index contributed by atoms with van der Waals surface area (Å²) in [6.07, 6.45) is 3.52. The predicted molar refractivity (Wildman–Crippen MR) is 141 cm³/mol. The molecule has 2 saturated heterocycles. The molecule has 4 heterocycles. The predicted octanol–water partition coefficient (Wildman–Crippen LogP) is 3.44. The van der Waals surface area contributed by atoms with Gasteiger partial charge in [-0.3, -0.25) is 15.2 Å². The molecule has 0 unspecified atom stereocenters. The molecule has 0 bridgehead atoms. The quantitative estimate of drug-likeness (QED) is 0.535. The number of urea groups is 1. The van der Waals surface area contributed by atoms with E-state index >= 15 is 0 Å². The van der Waals surface area contributed by atoms with Crippen LogP contribution in [-0.4, -0.2) is 78.0 Å². The lowest BCUT2D eigenvalue weighted by Crippen LogP contribution is -2.54. The van der Waals surface area contributed by atoms with Crippen LogP contribution < -0.4 is 15.3 Å². The summed E-state index contributed by atoms with van der Waals surface area (Å²) in [5.41, 5.74) is 4.21. The van der Waals surface area contributed by atoms with Crippen LogP contribution in [0.3, 0.4) is 0 Å². The fourth-order valence-electron chi connectivity index (χ4n) is 4.69. The second kappa shape index (κ2) is 10.9. The van der Waals surface area contributed by atoms with E-state index in [0.717, 1.165) is 42.4 Å². The van der Waals surface area contributed by atoms with Crippen LogP contribution in [0.2, 0.25) is 0 Å². The van der Waals surface area contributed by atoms with Crippen molar-refractivity contribution in [3.8, 4) is 0 Å². The second-order valence-corrected chi connectivity index (χ2v) is 10.0. The number of hydrazine groups is 1. The number of para-hydroxylation sites is 1.